The predicted molar refractivity (Wildman–Crippen MR) is 91.9 cm³/mol. The molecule has 0 amide bonds. The molecule has 0 bridgehead atoms. The summed E-state index contributed by atoms with van der Waals surface area (Å²) in [6, 6.07) is 11.5. The number of hydrogen-bond acceptors (Lipinski definition) is 5. The van der Waals surface area contributed by atoms with E-state index in [-0.39, 0.29) is 10.8 Å². The van der Waals surface area contributed by atoms with Gasteiger partial charge < -0.3 is 9.94 Å². The monoisotopic (exact) mass is 344 g/mol. The standard InChI is InChI=1S/C17H16N2O4S/c20-16-15-13(9-14(24-15)11-5-2-1-3-6-11)18(17(21)19(16)22)10-12-7-4-8-23-12/h1-3,5-6,9,12,22H,4,7-8,10H2. The van der Waals surface area contributed by atoms with E-state index >= 15 is 0 Å². The van der Waals surface area contributed by atoms with Crippen molar-refractivity contribution in [3.8, 4) is 10.4 Å². The summed E-state index contributed by atoms with van der Waals surface area (Å²) in [4.78, 5) is 25.5. The van der Waals surface area contributed by atoms with Crippen molar-refractivity contribution in [1.82, 2.24) is 9.30 Å². The Kier molecular flexibility index (Phi) is 3.74. The van der Waals surface area contributed by atoms with E-state index < -0.39 is 11.2 Å². The molecule has 0 aliphatic carbocycles. The van der Waals surface area contributed by atoms with Gasteiger partial charge in [0.2, 0.25) is 0 Å². The van der Waals surface area contributed by atoms with Crippen LogP contribution in [-0.2, 0) is 11.3 Å². The van der Waals surface area contributed by atoms with Gasteiger partial charge in [-0.2, -0.15) is 0 Å². The maximum Gasteiger partial charge on any atom is 0.365 e. The van der Waals surface area contributed by atoms with Crippen LogP contribution in [0.2, 0.25) is 0 Å². The van der Waals surface area contributed by atoms with Gasteiger partial charge in [-0.15, -0.1) is 11.3 Å². The lowest BCUT2D eigenvalue weighted by molar-refractivity contribution is 0.0923. The molecule has 1 aliphatic rings. The molecule has 2 aromatic heterocycles. The third-order valence-electron chi connectivity index (χ3n) is 4.27. The molecule has 0 radical (unpaired) electrons. The molecule has 0 spiro atoms. The van der Waals surface area contributed by atoms with Crippen molar-refractivity contribution in [2.24, 2.45) is 0 Å². The molecule has 6 nitrogen and oxygen atoms in total. The molecule has 4 rings (SSSR count). The first-order valence-corrected chi connectivity index (χ1v) is 8.62. The maximum atomic E-state index is 12.4. The summed E-state index contributed by atoms with van der Waals surface area (Å²) in [6.07, 6.45) is 1.76. The number of ether oxygens (including phenoxy) is 1. The average molecular weight is 344 g/mol. The molecule has 3 heterocycles. The van der Waals surface area contributed by atoms with Crippen LogP contribution in [0.25, 0.3) is 20.7 Å². The second kappa shape index (κ2) is 5.92. The number of nitrogens with zero attached hydrogens (tertiary/aromatic N) is 2. The van der Waals surface area contributed by atoms with Crippen molar-refractivity contribution < 1.29 is 9.94 Å². The maximum absolute atomic E-state index is 12.4. The molecule has 124 valence electrons. The molecular weight excluding hydrogens is 328 g/mol. The predicted octanol–water partition coefficient (Wildman–Crippen LogP) is 2.31. The van der Waals surface area contributed by atoms with Crippen LogP contribution in [-0.4, -0.2) is 27.2 Å². The van der Waals surface area contributed by atoms with Gasteiger partial charge >= 0.3 is 11.2 Å². The Morgan fingerprint density at radius 3 is 2.75 bits per heavy atom. The first-order valence-electron chi connectivity index (χ1n) is 7.81. The van der Waals surface area contributed by atoms with Crippen molar-refractivity contribution in [1.29, 1.82) is 0 Å². The fraction of sp³-hybridized carbons (Fsp3) is 0.294. The zero-order chi connectivity index (χ0) is 16.7. The van der Waals surface area contributed by atoms with Crippen molar-refractivity contribution in [2.45, 2.75) is 25.5 Å². The lowest BCUT2D eigenvalue weighted by Crippen LogP contribution is -2.40. The van der Waals surface area contributed by atoms with E-state index in [0.717, 1.165) is 23.3 Å². The Balaban J connectivity index is 1.92. The number of rotatable bonds is 3. The topological polar surface area (TPSA) is 73.5 Å². The third kappa shape index (κ3) is 2.46. The molecule has 1 saturated heterocycles. The van der Waals surface area contributed by atoms with E-state index in [1.165, 1.54) is 15.9 Å². The minimum Gasteiger partial charge on any atom is -0.421 e. The zero-order valence-electron chi connectivity index (χ0n) is 12.8. The molecule has 1 unspecified atom stereocenters. The van der Waals surface area contributed by atoms with E-state index in [0.29, 0.717) is 23.4 Å². The number of hydrogen-bond donors (Lipinski definition) is 1. The molecule has 24 heavy (non-hydrogen) atoms. The lowest BCUT2D eigenvalue weighted by atomic mass is 10.2. The fourth-order valence-corrected chi connectivity index (χ4v) is 4.14. The Morgan fingerprint density at radius 1 is 1.25 bits per heavy atom. The Bertz CT molecular complexity index is 997. The summed E-state index contributed by atoms with van der Waals surface area (Å²) in [5.74, 6) is 0. The van der Waals surface area contributed by atoms with E-state index in [2.05, 4.69) is 0 Å². The minimum atomic E-state index is -0.722. The Labute approximate surface area is 141 Å². The number of aromatic nitrogens is 2. The van der Waals surface area contributed by atoms with Crippen molar-refractivity contribution in [3.05, 3.63) is 57.2 Å². The molecule has 1 N–H and O–H groups in total. The van der Waals surface area contributed by atoms with E-state index in [9.17, 15) is 14.8 Å². The summed E-state index contributed by atoms with van der Waals surface area (Å²) in [6.45, 7) is 1.02. The molecular formula is C17H16N2O4S. The van der Waals surface area contributed by atoms with Gasteiger partial charge in [0.1, 0.15) is 4.70 Å². The number of thiophene rings is 1. The van der Waals surface area contributed by atoms with Crippen molar-refractivity contribution in [2.75, 3.05) is 6.61 Å². The van der Waals surface area contributed by atoms with Gasteiger partial charge in [0.15, 0.2) is 0 Å². The highest BCUT2D eigenvalue weighted by molar-refractivity contribution is 7.22. The molecule has 1 fully saturated rings. The lowest BCUT2D eigenvalue weighted by Gasteiger charge is -2.13. The molecule has 1 aromatic carbocycles. The van der Waals surface area contributed by atoms with Crippen LogP contribution in [0.15, 0.2) is 46.0 Å². The van der Waals surface area contributed by atoms with E-state index in [4.69, 9.17) is 4.74 Å². The second-order valence-electron chi connectivity index (χ2n) is 5.84. The van der Waals surface area contributed by atoms with Crippen LogP contribution in [0.3, 0.4) is 0 Å². The smallest absolute Gasteiger partial charge is 0.365 e. The highest BCUT2D eigenvalue weighted by Crippen LogP contribution is 2.31. The highest BCUT2D eigenvalue weighted by Gasteiger charge is 2.21. The first-order chi connectivity index (χ1) is 11.6. The van der Waals surface area contributed by atoms with Crippen LogP contribution in [0.5, 0.6) is 0 Å². The number of benzene rings is 1. The minimum absolute atomic E-state index is 0.0662. The van der Waals surface area contributed by atoms with Gasteiger partial charge in [-0.3, -0.25) is 9.36 Å². The summed E-state index contributed by atoms with van der Waals surface area (Å²) in [7, 11) is 0. The van der Waals surface area contributed by atoms with Crippen LogP contribution in [0, 0.1) is 0 Å². The SMILES string of the molecule is O=c1c2sc(-c3ccccc3)cc2n(CC2CCCO2)c(=O)n1O. The van der Waals surface area contributed by atoms with Crippen LogP contribution < -0.4 is 11.2 Å². The third-order valence-corrected chi connectivity index (χ3v) is 5.43. The van der Waals surface area contributed by atoms with Crippen LogP contribution >= 0.6 is 11.3 Å². The van der Waals surface area contributed by atoms with E-state index in [1.54, 1.807) is 0 Å². The molecule has 0 saturated carbocycles. The zero-order valence-corrected chi connectivity index (χ0v) is 13.7. The Hall–Kier alpha value is -2.38. The van der Waals surface area contributed by atoms with Gasteiger partial charge in [0, 0.05) is 11.5 Å². The molecule has 1 atom stereocenters. The Morgan fingerprint density at radius 2 is 2.04 bits per heavy atom. The second-order valence-corrected chi connectivity index (χ2v) is 6.89. The normalized spacial score (nSPS) is 17.6. The first kappa shape index (κ1) is 15.2. The van der Waals surface area contributed by atoms with Crippen molar-refractivity contribution >= 4 is 21.6 Å². The quantitative estimate of drug-likeness (QED) is 0.740. The number of fused-ring (bicyclic) bond motifs is 1. The fourth-order valence-electron chi connectivity index (χ4n) is 3.05. The van der Waals surface area contributed by atoms with Crippen LogP contribution in [0.4, 0.5) is 0 Å². The molecule has 1 aliphatic heterocycles. The van der Waals surface area contributed by atoms with Gasteiger partial charge in [-0.25, -0.2) is 4.79 Å². The summed E-state index contributed by atoms with van der Waals surface area (Å²) in [5, 5.41) is 9.88. The van der Waals surface area contributed by atoms with Crippen LogP contribution in [0.1, 0.15) is 12.8 Å². The van der Waals surface area contributed by atoms with Gasteiger partial charge in [-0.05, 0) is 24.5 Å². The summed E-state index contributed by atoms with van der Waals surface area (Å²) in [5.41, 5.74) is 0.125. The molecule has 7 heteroatoms. The van der Waals surface area contributed by atoms with Gasteiger partial charge in [0.25, 0.3) is 0 Å². The molecule has 3 aromatic rings. The highest BCUT2D eigenvalue weighted by atomic mass is 32.1. The largest absolute Gasteiger partial charge is 0.421 e. The summed E-state index contributed by atoms with van der Waals surface area (Å²) >= 11 is 1.28. The summed E-state index contributed by atoms with van der Waals surface area (Å²) < 4.78 is 7.60. The van der Waals surface area contributed by atoms with Gasteiger partial charge in [-0.1, -0.05) is 35.1 Å². The van der Waals surface area contributed by atoms with Crippen molar-refractivity contribution in [3.63, 3.8) is 0 Å². The van der Waals surface area contributed by atoms with E-state index in [1.807, 2.05) is 36.4 Å². The average Bonchev–Trinajstić information content (AvgIpc) is 3.27. The van der Waals surface area contributed by atoms with Gasteiger partial charge in [0.05, 0.1) is 18.2 Å².